The molecule has 1 saturated heterocycles. The largest absolute Gasteiger partial charge is 0.399 e. The van der Waals surface area contributed by atoms with Gasteiger partial charge in [0, 0.05) is 13.1 Å². The average molecular weight is 240 g/mol. The Morgan fingerprint density at radius 3 is 2.65 bits per heavy atom. The molecule has 0 unspecified atom stereocenters. The second-order valence-electron chi connectivity index (χ2n) is 5.74. The Balaban J connectivity index is 2.53. The maximum Gasteiger partial charge on any atom is 0.268 e. The van der Waals surface area contributed by atoms with Crippen LogP contribution in [0.25, 0.3) is 0 Å². The van der Waals surface area contributed by atoms with Gasteiger partial charge in [0.1, 0.15) is 13.3 Å². The van der Waals surface area contributed by atoms with Crippen LogP contribution in [-0.2, 0) is 9.63 Å². The zero-order chi connectivity index (χ0) is 12.9. The Hall–Kier alpha value is -1.06. The highest BCUT2D eigenvalue weighted by atomic mass is 16.6. The molecule has 1 amide bonds. The van der Waals surface area contributed by atoms with E-state index in [2.05, 4.69) is 30.8 Å². The Bertz CT molecular complexity index is 282. The van der Waals surface area contributed by atoms with Crippen LogP contribution in [0.4, 0.5) is 0 Å². The zero-order valence-corrected chi connectivity index (χ0v) is 11.4. The monoisotopic (exact) mass is 240 g/mol. The number of nitrogens with zero attached hydrogens (tertiary/aromatic N) is 2. The van der Waals surface area contributed by atoms with Crippen LogP contribution in [0.2, 0.25) is 0 Å². The van der Waals surface area contributed by atoms with Crippen molar-refractivity contribution in [3.05, 3.63) is 0 Å². The molecule has 1 fully saturated rings. The topological polar surface area (TPSA) is 41.9 Å². The number of oxime groups is 1. The lowest BCUT2D eigenvalue weighted by Gasteiger charge is -2.29. The van der Waals surface area contributed by atoms with Gasteiger partial charge in [-0.1, -0.05) is 25.9 Å². The summed E-state index contributed by atoms with van der Waals surface area (Å²) in [5.41, 5.74) is 0.333. The fraction of sp³-hybridized carbons (Fsp3) is 0.846. The number of carbonyl (C=O) groups excluding carboxylic acids is 1. The van der Waals surface area contributed by atoms with Crippen molar-refractivity contribution in [2.75, 3.05) is 20.2 Å². The highest BCUT2D eigenvalue weighted by Crippen LogP contribution is 2.34. The predicted octanol–water partition coefficient (Wildman–Crippen LogP) is 2.29. The van der Waals surface area contributed by atoms with Gasteiger partial charge in [0.05, 0.1) is 0 Å². The van der Waals surface area contributed by atoms with E-state index in [0.29, 0.717) is 11.3 Å². The standard InChI is InChI=1S/C13H24N2O2/c1-13(2,3)11-6-5-8-15(9-7-11)12(16)10-14-17-4/h10-11H,5-9H2,1-4H3/t11-/m1/s1. The van der Waals surface area contributed by atoms with E-state index in [0.717, 1.165) is 25.9 Å². The van der Waals surface area contributed by atoms with E-state index in [-0.39, 0.29) is 5.91 Å². The third kappa shape index (κ3) is 4.36. The van der Waals surface area contributed by atoms with Crippen molar-refractivity contribution >= 4 is 12.1 Å². The van der Waals surface area contributed by atoms with Crippen LogP contribution in [0.15, 0.2) is 5.16 Å². The van der Waals surface area contributed by atoms with Crippen molar-refractivity contribution in [3.63, 3.8) is 0 Å². The van der Waals surface area contributed by atoms with Gasteiger partial charge in [0.2, 0.25) is 0 Å². The fourth-order valence-corrected chi connectivity index (χ4v) is 2.36. The van der Waals surface area contributed by atoms with Crippen molar-refractivity contribution in [3.8, 4) is 0 Å². The molecule has 0 saturated carbocycles. The first kappa shape index (κ1) is 14.0. The minimum absolute atomic E-state index is 0.0404. The van der Waals surface area contributed by atoms with Crippen LogP contribution >= 0.6 is 0 Å². The first-order chi connectivity index (χ1) is 7.95. The van der Waals surface area contributed by atoms with Crippen LogP contribution < -0.4 is 0 Å². The molecule has 0 aromatic rings. The van der Waals surface area contributed by atoms with Crippen LogP contribution in [0.5, 0.6) is 0 Å². The van der Waals surface area contributed by atoms with E-state index < -0.39 is 0 Å². The Labute approximate surface area is 104 Å². The quantitative estimate of drug-likeness (QED) is 0.549. The number of likely N-dealkylation sites (tertiary alicyclic amines) is 1. The second kappa shape index (κ2) is 6.03. The molecular formula is C13H24N2O2. The van der Waals surface area contributed by atoms with Crippen molar-refractivity contribution < 1.29 is 9.63 Å². The summed E-state index contributed by atoms with van der Waals surface area (Å²) in [5, 5.41) is 3.53. The fourth-order valence-electron chi connectivity index (χ4n) is 2.36. The molecule has 1 atom stereocenters. The molecule has 1 aliphatic heterocycles. The minimum atomic E-state index is -0.0404. The first-order valence-corrected chi connectivity index (χ1v) is 6.30. The first-order valence-electron chi connectivity index (χ1n) is 6.30. The van der Waals surface area contributed by atoms with Gasteiger partial charge in [0.15, 0.2) is 0 Å². The molecule has 0 radical (unpaired) electrons. The van der Waals surface area contributed by atoms with E-state index in [9.17, 15) is 4.79 Å². The van der Waals surface area contributed by atoms with Gasteiger partial charge in [-0.3, -0.25) is 4.79 Å². The molecule has 0 N–H and O–H groups in total. The lowest BCUT2D eigenvalue weighted by Crippen LogP contribution is -2.33. The number of carbonyl (C=O) groups is 1. The highest BCUT2D eigenvalue weighted by Gasteiger charge is 2.27. The summed E-state index contributed by atoms with van der Waals surface area (Å²) >= 11 is 0. The van der Waals surface area contributed by atoms with Gasteiger partial charge >= 0.3 is 0 Å². The number of hydrogen-bond acceptors (Lipinski definition) is 3. The smallest absolute Gasteiger partial charge is 0.268 e. The summed E-state index contributed by atoms with van der Waals surface area (Å²) in [6.45, 7) is 8.50. The third-order valence-electron chi connectivity index (χ3n) is 3.53. The minimum Gasteiger partial charge on any atom is -0.399 e. The lowest BCUT2D eigenvalue weighted by molar-refractivity contribution is -0.123. The summed E-state index contributed by atoms with van der Waals surface area (Å²) in [5.74, 6) is 0.654. The third-order valence-corrected chi connectivity index (χ3v) is 3.53. The van der Waals surface area contributed by atoms with Gasteiger partial charge < -0.3 is 9.74 Å². The van der Waals surface area contributed by atoms with Gasteiger partial charge in [-0.2, -0.15) is 0 Å². The molecule has 1 rings (SSSR count). The second-order valence-corrected chi connectivity index (χ2v) is 5.74. The molecule has 0 bridgehead atoms. The molecule has 0 aromatic carbocycles. The van der Waals surface area contributed by atoms with Gasteiger partial charge in [-0.05, 0) is 30.6 Å². The van der Waals surface area contributed by atoms with Gasteiger partial charge in [-0.15, -0.1) is 0 Å². The Morgan fingerprint density at radius 1 is 1.35 bits per heavy atom. The van der Waals surface area contributed by atoms with Crippen molar-refractivity contribution in [2.45, 2.75) is 40.0 Å². The molecule has 0 aromatic heterocycles. The molecule has 1 aliphatic rings. The molecular weight excluding hydrogens is 216 g/mol. The van der Waals surface area contributed by atoms with E-state index in [1.54, 1.807) is 0 Å². The van der Waals surface area contributed by atoms with E-state index >= 15 is 0 Å². The van der Waals surface area contributed by atoms with Crippen LogP contribution in [-0.4, -0.2) is 37.2 Å². The molecule has 1 heterocycles. The summed E-state index contributed by atoms with van der Waals surface area (Å²) in [7, 11) is 1.45. The van der Waals surface area contributed by atoms with E-state index in [1.807, 2.05) is 4.90 Å². The number of amides is 1. The summed E-state index contributed by atoms with van der Waals surface area (Å²) in [6.07, 6.45) is 4.62. The molecule has 4 heteroatoms. The molecule has 0 spiro atoms. The van der Waals surface area contributed by atoms with E-state index in [1.165, 1.54) is 19.7 Å². The highest BCUT2D eigenvalue weighted by molar-refractivity contribution is 6.25. The Morgan fingerprint density at radius 2 is 2.06 bits per heavy atom. The molecule has 4 nitrogen and oxygen atoms in total. The summed E-state index contributed by atoms with van der Waals surface area (Å²) < 4.78 is 0. The van der Waals surface area contributed by atoms with Crippen molar-refractivity contribution in [2.24, 2.45) is 16.5 Å². The van der Waals surface area contributed by atoms with Crippen molar-refractivity contribution in [1.29, 1.82) is 0 Å². The molecule has 98 valence electrons. The van der Waals surface area contributed by atoms with Crippen LogP contribution in [0, 0.1) is 11.3 Å². The lowest BCUT2D eigenvalue weighted by atomic mass is 9.77. The number of rotatable bonds is 2. The SMILES string of the molecule is CON=CC(=O)N1CCC[C@@H](C(C)(C)C)CC1. The van der Waals surface area contributed by atoms with Gasteiger partial charge in [-0.25, -0.2) is 0 Å². The zero-order valence-electron chi connectivity index (χ0n) is 11.4. The molecule has 17 heavy (non-hydrogen) atoms. The number of hydrogen-bond donors (Lipinski definition) is 0. The van der Waals surface area contributed by atoms with Gasteiger partial charge in [0.25, 0.3) is 5.91 Å². The summed E-state index contributed by atoms with van der Waals surface area (Å²) in [6, 6.07) is 0. The maximum atomic E-state index is 11.8. The average Bonchev–Trinajstić information content (AvgIpc) is 2.50. The summed E-state index contributed by atoms with van der Waals surface area (Å²) in [4.78, 5) is 18.2. The van der Waals surface area contributed by atoms with E-state index in [4.69, 9.17) is 0 Å². The Kier molecular flexibility index (Phi) is 4.97. The van der Waals surface area contributed by atoms with Crippen molar-refractivity contribution in [1.82, 2.24) is 4.90 Å². The normalized spacial score (nSPS) is 22.6. The van der Waals surface area contributed by atoms with Crippen LogP contribution in [0.1, 0.15) is 40.0 Å². The van der Waals surface area contributed by atoms with Crippen LogP contribution in [0.3, 0.4) is 0 Å². The molecule has 0 aliphatic carbocycles. The maximum absolute atomic E-state index is 11.8. The predicted molar refractivity (Wildman–Crippen MR) is 68.9 cm³/mol.